The molecule has 0 aliphatic heterocycles. The van der Waals surface area contributed by atoms with Crippen LogP contribution in [0, 0.1) is 6.92 Å². The van der Waals surface area contributed by atoms with Gasteiger partial charge in [-0.1, -0.05) is 12.1 Å². The van der Waals surface area contributed by atoms with Gasteiger partial charge in [-0.25, -0.2) is 4.98 Å². The minimum absolute atomic E-state index is 0.352. The number of nitrogens with zero attached hydrogens (tertiary/aromatic N) is 1. The van der Waals surface area contributed by atoms with Gasteiger partial charge in [-0.3, -0.25) is 0 Å². The molecule has 1 aliphatic rings. The third kappa shape index (κ3) is 3.27. The van der Waals surface area contributed by atoms with Crippen LogP contribution < -0.4 is 10.1 Å². The number of hydrogen-bond acceptors (Lipinski definition) is 4. The number of hydrogen-bond donors (Lipinski definition) is 1. The maximum absolute atomic E-state index is 5.21. The van der Waals surface area contributed by atoms with Crippen molar-refractivity contribution in [3.05, 3.63) is 45.9 Å². The number of benzene rings is 1. The zero-order chi connectivity index (χ0) is 14.8. The van der Waals surface area contributed by atoms with Crippen molar-refractivity contribution in [3.8, 4) is 5.75 Å². The molecule has 1 aromatic heterocycles. The molecule has 1 heterocycles. The number of methoxy groups -OCH3 is 1. The zero-order valence-corrected chi connectivity index (χ0v) is 13.6. The summed E-state index contributed by atoms with van der Waals surface area (Å²) in [6.07, 6.45) is 2.42. The molecule has 0 radical (unpaired) electrons. The highest BCUT2D eigenvalue weighted by molar-refractivity contribution is 7.09. The summed E-state index contributed by atoms with van der Waals surface area (Å²) in [5.41, 5.74) is 2.54. The van der Waals surface area contributed by atoms with Crippen LogP contribution in [0.25, 0.3) is 0 Å². The molecule has 0 saturated heterocycles. The van der Waals surface area contributed by atoms with Gasteiger partial charge < -0.3 is 10.1 Å². The molecule has 112 valence electrons. The minimum Gasteiger partial charge on any atom is -0.497 e. The highest BCUT2D eigenvalue weighted by Gasteiger charge is 2.31. The fourth-order valence-electron chi connectivity index (χ4n) is 2.90. The lowest BCUT2D eigenvalue weighted by atomic mass is 9.75. The molecule has 1 N–H and O–H groups in total. The van der Waals surface area contributed by atoms with Gasteiger partial charge in [0.05, 0.1) is 13.2 Å². The second-order valence-corrected chi connectivity index (χ2v) is 6.74. The topological polar surface area (TPSA) is 34.1 Å². The van der Waals surface area contributed by atoms with Gasteiger partial charge in [0.1, 0.15) is 10.8 Å². The van der Waals surface area contributed by atoms with Crippen LogP contribution in [-0.4, -0.2) is 18.1 Å². The summed E-state index contributed by atoms with van der Waals surface area (Å²) in [4.78, 5) is 4.56. The van der Waals surface area contributed by atoms with E-state index in [0.29, 0.717) is 18.0 Å². The minimum atomic E-state index is 0.352. The van der Waals surface area contributed by atoms with Crippen molar-refractivity contribution >= 4 is 11.3 Å². The lowest BCUT2D eigenvalue weighted by molar-refractivity contribution is 0.270. The molecule has 1 atom stereocenters. The molecule has 3 rings (SSSR count). The maximum Gasteiger partial charge on any atom is 0.118 e. The number of aromatic nitrogens is 1. The SMILES string of the molecule is COc1ccc(C2CC(NC(C)c3nc(C)cs3)C2)cc1. The monoisotopic (exact) mass is 302 g/mol. The second-order valence-electron chi connectivity index (χ2n) is 5.85. The fraction of sp³-hybridized carbons (Fsp3) is 0.471. The molecule has 2 aromatic rings. The van der Waals surface area contributed by atoms with Gasteiger partial charge in [0.25, 0.3) is 0 Å². The molecule has 4 heteroatoms. The van der Waals surface area contributed by atoms with E-state index in [4.69, 9.17) is 4.74 Å². The molecule has 1 saturated carbocycles. The molecule has 0 spiro atoms. The summed E-state index contributed by atoms with van der Waals surface area (Å²) in [6.45, 7) is 4.26. The largest absolute Gasteiger partial charge is 0.497 e. The highest BCUT2D eigenvalue weighted by Crippen LogP contribution is 2.38. The Morgan fingerprint density at radius 3 is 2.57 bits per heavy atom. The summed E-state index contributed by atoms with van der Waals surface area (Å²) >= 11 is 1.75. The third-order valence-corrected chi connectivity index (χ3v) is 5.36. The number of nitrogens with one attached hydrogen (secondary N) is 1. The number of ether oxygens (including phenoxy) is 1. The first kappa shape index (κ1) is 14.5. The normalized spacial score (nSPS) is 22.6. The van der Waals surface area contributed by atoms with Gasteiger partial charge in [-0.2, -0.15) is 0 Å². The third-order valence-electron chi connectivity index (χ3n) is 4.22. The van der Waals surface area contributed by atoms with Crippen molar-refractivity contribution < 1.29 is 4.74 Å². The quantitative estimate of drug-likeness (QED) is 0.904. The maximum atomic E-state index is 5.21. The van der Waals surface area contributed by atoms with Crippen molar-refractivity contribution in [2.45, 2.75) is 44.7 Å². The van der Waals surface area contributed by atoms with Crippen molar-refractivity contribution in [2.24, 2.45) is 0 Å². The molecule has 0 amide bonds. The molecule has 21 heavy (non-hydrogen) atoms. The Hall–Kier alpha value is -1.39. The fourth-order valence-corrected chi connectivity index (χ4v) is 3.71. The number of rotatable bonds is 5. The number of thiazole rings is 1. The van der Waals surface area contributed by atoms with E-state index in [2.05, 4.69) is 53.8 Å². The van der Waals surface area contributed by atoms with Crippen molar-refractivity contribution in [1.82, 2.24) is 10.3 Å². The summed E-state index contributed by atoms with van der Waals surface area (Å²) < 4.78 is 5.21. The Morgan fingerprint density at radius 2 is 2.00 bits per heavy atom. The average molecular weight is 302 g/mol. The molecule has 1 unspecified atom stereocenters. The molecule has 1 aromatic carbocycles. The lowest BCUT2D eigenvalue weighted by Gasteiger charge is -2.38. The van der Waals surface area contributed by atoms with Crippen LogP contribution >= 0.6 is 11.3 Å². The Balaban J connectivity index is 1.51. The van der Waals surface area contributed by atoms with Crippen LogP contribution in [-0.2, 0) is 0 Å². The van der Waals surface area contributed by atoms with E-state index in [-0.39, 0.29) is 0 Å². The van der Waals surface area contributed by atoms with E-state index < -0.39 is 0 Å². The first-order chi connectivity index (χ1) is 10.2. The molecular weight excluding hydrogens is 280 g/mol. The van der Waals surface area contributed by atoms with E-state index in [1.165, 1.54) is 23.4 Å². The number of aryl methyl sites for hydroxylation is 1. The van der Waals surface area contributed by atoms with Crippen LogP contribution in [0.2, 0.25) is 0 Å². The first-order valence-corrected chi connectivity index (χ1v) is 8.35. The van der Waals surface area contributed by atoms with Gasteiger partial charge >= 0.3 is 0 Å². The molecule has 1 aliphatic carbocycles. The van der Waals surface area contributed by atoms with Gasteiger partial charge in [0.15, 0.2) is 0 Å². The Kier molecular flexibility index (Phi) is 4.27. The molecule has 1 fully saturated rings. The van der Waals surface area contributed by atoms with Crippen molar-refractivity contribution in [3.63, 3.8) is 0 Å². The standard InChI is InChI=1S/C17H22N2OS/c1-11-10-21-17(18-11)12(2)19-15-8-14(9-15)13-4-6-16(20-3)7-5-13/h4-7,10,12,14-15,19H,8-9H2,1-3H3. The smallest absolute Gasteiger partial charge is 0.118 e. The van der Waals surface area contributed by atoms with E-state index in [1.54, 1.807) is 18.4 Å². The predicted octanol–water partition coefficient (Wildman–Crippen LogP) is 4.06. The molecular formula is C17H22N2OS. The van der Waals surface area contributed by atoms with Crippen LogP contribution in [0.3, 0.4) is 0 Å². The summed E-state index contributed by atoms with van der Waals surface area (Å²) in [7, 11) is 1.71. The van der Waals surface area contributed by atoms with Gasteiger partial charge in [0.2, 0.25) is 0 Å². The van der Waals surface area contributed by atoms with Crippen LogP contribution in [0.5, 0.6) is 5.75 Å². The lowest BCUT2D eigenvalue weighted by Crippen LogP contribution is -2.41. The summed E-state index contributed by atoms with van der Waals surface area (Å²) in [5.74, 6) is 1.61. The van der Waals surface area contributed by atoms with Gasteiger partial charge in [-0.05, 0) is 50.3 Å². The van der Waals surface area contributed by atoms with Crippen molar-refractivity contribution in [2.75, 3.05) is 7.11 Å². The van der Waals surface area contributed by atoms with Gasteiger partial charge in [-0.15, -0.1) is 11.3 Å². The van der Waals surface area contributed by atoms with Crippen LogP contribution in [0.15, 0.2) is 29.6 Å². The van der Waals surface area contributed by atoms with E-state index in [0.717, 1.165) is 11.4 Å². The molecule has 0 bridgehead atoms. The molecule has 3 nitrogen and oxygen atoms in total. The van der Waals surface area contributed by atoms with E-state index in [9.17, 15) is 0 Å². The Labute approximate surface area is 130 Å². The second kappa shape index (κ2) is 6.16. The first-order valence-electron chi connectivity index (χ1n) is 7.47. The van der Waals surface area contributed by atoms with Gasteiger partial charge in [0, 0.05) is 17.1 Å². The van der Waals surface area contributed by atoms with Crippen molar-refractivity contribution in [1.29, 1.82) is 0 Å². The van der Waals surface area contributed by atoms with Crippen LogP contribution in [0.4, 0.5) is 0 Å². The predicted molar refractivity (Wildman–Crippen MR) is 87.2 cm³/mol. The van der Waals surface area contributed by atoms with E-state index >= 15 is 0 Å². The summed E-state index contributed by atoms with van der Waals surface area (Å²) in [5, 5.41) is 7.01. The van der Waals surface area contributed by atoms with E-state index in [1.807, 2.05) is 0 Å². The summed E-state index contributed by atoms with van der Waals surface area (Å²) in [6, 6.07) is 9.44. The average Bonchev–Trinajstić information content (AvgIpc) is 2.89. The Bertz CT molecular complexity index is 587. The zero-order valence-electron chi connectivity index (χ0n) is 12.8. The highest BCUT2D eigenvalue weighted by atomic mass is 32.1. The van der Waals surface area contributed by atoms with Crippen LogP contribution in [0.1, 0.15) is 48.0 Å². The Morgan fingerprint density at radius 1 is 1.29 bits per heavy atom.